The van der Waals surface area contributed by atoms with E-state index < -0.39 is 0 Å². The fourth-order valence-corrected chi connectivity index (χ4v) is 3.91. The minimum Gasteiger partial charge on any atom is -0.368 e. The Balaban J connectivity index is 1.51. The van der Waals surface area contributed by atoms with E-state index in [1.54, 1.807) is 0 Å². The summed E-state index contributed by atoms with van der Waals surface area (Å²) in [5, 5.41) is 1.89. The van der Waals surface area contributed by atoms with E-state index in [4.69, 9.17) is 0 Å². The van der Waals surface area contributed by atoms with E-state index in [1.807, 2.05) is 22.4 Å². The molecule has 0 spiro atoms. The van der Waals surface area contributed by atoms with E-state index in [-0.39, 0.29) is 11.7 Å². The summed E-state index contributed by atoms with van der Waals surface area (Å²) in [7, 11) is 0. The van der Waals surface area contributed by atoms with E-state index in [0.717, 1.165) is 31.1 Å². The number of carbonyl (C=O) groups excluding carboxylic acids is 2. The van der Waals surface area contributed by atoms with Crippen LogP contribution in [0.25, 0.3) is 0 Å². The number of ketones is 1. The van der Waals surface area contributed by atoms with Gasteiger partial charge in [-0.25, -0.2) is 0 Å². The number of hydrogen-bond acceptors (Lipinski definition) is 4. The first-order chi connectivity index (χ1) is 12.1. The van der Waals surface area contributed by atoms with Crippen LogP contribution in [0.2, 0.25) is 0 Å². The minimum absolute atomic E-state index is 0.0670. The lowest BCUT2D eigenvalue weighted by molar-refractivity contribution is -0.131. The quantitative estimate of drug-likeness (QED) is 0.768. The highest BCUT2D eigenvalue weighted by molar-refractivity contribution is 7.12. The Labute approximate surface area is 153 Å². The number of rotatable bonds is 5. The first kappa shape index (κ1) is 17.7. The fourth-order valence-electron chi connectivity index (χ4n) is 3.21. The van der Waals surface area contributed by atoms with Gasteiger partial charge >= 0.3 is 0 Å². The zero-order valence-electron chi connectivity index (χ0n) is 14.8. The number of piperazine rings is 1. The van der Waals surface area contributed by atoms with Gasteiger partial charge in [-0.15, -0.1) is 11.3 Å². The van der Waals surface area contributed by atoms with Crippen molar-refractivity contribution in [3.8, 4) is 0 Å². The average Bonchev–Trinajstić information content (AvgIpc) is 3.17. The van der Waals surface area contributed by atoms with Crippen molar-refractivity contribution >= 4 is 28.7 Å². The summed E-state index contributed by atoms with van der Waals surface area (Å²) in [5.74, 6) is 0.155. The number of hydrogen-bond donors (Lipinski definition) is 0. The summed E-state index contributed by atoms with van der Waals surface area (Å²) in [6, 6.07) is 10.1. The maximum atomic E-state index is 12.4. The molecule has 0 radical (unpaired) electrons. The fraction of sp³-hybridized carbons (Fsp3) is 0.400. The second kappa shape index (κ2) is 7.83. The molecule has 1 aromatic heterocycles. The molecule has 132 valence electrons. The number of nitrogens with zero attached hydrogens (tertiary/aromatic N) is 2. The molecule has 0 unspecified atom stereocenters. The smallest absolute Gasteiger partial charge is 0.223 e. The Bertz CT molecular complexity index is 747. The van der Waals surface area contributed by atoms with E-state index in [9.17, 15) is 9.59 Å². The van der Waals surface area contributed by atoms with Crippen LogP contribution in [0.1, 0.15) is 33.6 Å². The zero-order chi connectivity index (χ0) is 17.8. The van der Waals surface area contributed by atoms with Crippen molar-refractivity contribution in [3.05, 3.63) is 51.7 Å². The summed E-state index contributed by atoms with van der Waals surface area (Å²) in [5.41, 5.74) is 3.87. The van der Waals surface area contributed by atoms with Crippen LogP contribution in [0.3, 0.4) is 0 Å². The topological polar surface area (TPSA) is 40.6 Å². The van der Waals surface area contributed by atoms with E-state index in [2.05, 4.69) is 36.9 Å². The van der Waals surface area contributed by atoms with E-state index >= 15 is 0 Å². The van der Waals surface area contributed by atoms with E-state index in [0.29, 0.717) is 12.8 Å². The van der Waals surface area contributed by atoms with Gasteiger partial charge in [0, 0.05) is 44.7 Å². The van der Waals surface area contributed by atoms with Crippen molar-refractivity contribution in [1.82, 2.24) is 4.90 Å². The number of aryl methyl sites for hydroxylation is 1. The van der Waals surface area contributed by atoms with Crippen LogP contribution in [0.5, 0.6) is 0 Å². The Morgan fingerprint density at radius 2 is 1.76 bits per heavy atom. The number of benzene rings is 1. The highest BCUT2D eigenvalue weighted by Gasteiger charge is 2.22. The number of Topliss-reactive ketones (excluding diaryl/α,β-unsaturated/α-hetero) is 1. The molecule has 1 aliphatic heterocycles. The van der Waals surface area contributed by atoms with Crippen LogP contribution >= 0.6 is 11.3 Å². The van der Waals surface area contributed by atoms with Gasteiger partial charge in [0.25, 0.3) is 0 Å². The van der Waals surface area contributed by atoms with Crippen LogP contribution in [0.15, 0.2) is 35.7 Å². The van der Waals surface area contributed by atoms with Crippen LogP contribution in [-0.4, -0.2) is 42.8 Å². The highest BCUT2D eigenvalue weighted by Crippen LogP contribution is 2.24. The maximum absolute atomic E-state index is 12.4. The first-order valence-electron chi connectivity index (χ1n) is 8.72. The standard InChI is InChI=1S/C20H24N2O2S/c1-15-5-3-6-17(16(15)2)21-10-12-22(13-11-21)20(24)9-8-18(23)19-7-4-14-25-19/h3-7,14H,8-13H2,1-2H3. The Hall–Kier alpha value is -2.14. The van der Waals surface area contributed by atoms with Crippen molar-refractivity contribution in [2.24, 2.45) is 0 Å². The van der Waals surface area contributed by atoms with Gasteiger partial charge < -0.3 is 9.80 Å². The van der Waals surface area contributed by atoms with Gasteiger partial charge in [0.05, 0.1) is 4.88 Å². The van der Waals surface area contributed by atoms with Crippen molar-refractivity contribution in [2.75, 3.05) is 31.1 Å². The van der Waals surface area contributed by atoms with E-state index in [1.165, 1.54) is 28.2 Å². The Kier molecular flexibility index (Phi) is 5.53. The lowest BCUT2D eigenvalue weighted by Crippen LogP contribution is -2.49. The molecule has 0 aliphatic carbocycles. The molecule has 0 bridgehead atoms. The number of amides is 1. The molecular weight excluding hydrogens is 332 g/mol. The van der Waals surface area contributed by atoms with Gasteiger partial charge in [0.1, 0.15) is 0 Å². The largest absolute Gasteiger partial charge is 0.368 e. The number of thiophene rings is 1. The molecule has 25 heavy (non-hydrogen) atoms. The number of anilines is 1. The maximum Gasteiger partial charge on any atom is 0.223 e. The average molecular weight is 356 g/mol. The van der Waals surface area contributed by atoms with Crippen LogP contribution < -0.4 is 4.90 Å². The molecule has 1 amide bonds. The first-order valence-corrected chi connectivity index (χ1v) is 9.60. The monoisotopic (exact) mass is 356 g/mol. The molecule has 1 saturated heterocycles. The molecule has 4 nitrogen and oxygen atoms in total. The summed E-state index contributed by atoms with van der Waals surface area (Å²) < 4.78 is 0. The summed E-state index contributed by atoms with van der Waals surface area (Å²) in [4.78, 5) is 29.4. The predicted octanol–water partition coefficient (Wildman–Crippen LogP) is 3.68. The SMILES string of the molecule is Cc1cccc(N2CCN(C(=O)CCC(=O)c3cccs3)CC2)c1C. The van der Waals surface area contributed by atoms with Crippen LogP contribution in [0.4, 0.5) is 5.69 Å². The molecule has 1 aliphatic rings. The molecule has 3 rings (SSSR count). The minimum atomic E-state index is 0.0670. The molecule has 0 N–H and O–H groups in total. The third-order valence-corrected chi connectivity index (χ3v) is 5.82. The molecule has 0 atom stereocenters. The molecule has 5 heteroatoms. The second-order valence-electron chi connectivity index (χ2n) is 6.49. The third kappa shape index (κ3) is 4.10. The van der Waals surface area contributed by atoms with Gasteiger partial charge in [0.15, 0.2) is 5.78 Å². The van der Waals surface area contributed by atoms with Crippen molar-refractivity contribution < 1.29 is 9.59 Å². The normalized spacial score (nSPS) is 14.6. The molecule has 2 aromatic rings. The van der Waals surface area contributed by atoms with Crippen LogP contribution in [0, 0.1) is 13.8 Å². The lowest BCUT2D eigenvalue weighted by Gasteiger charge is -2.37. The molecule has 2 heterocycles. The highest BCUT2D eigenvalue weighted by atomic mass is 32.1. The molecule has 0 saturated carbocycles. The molecular formula is C20H24N2O2S. The lowest BCUT2D eigenvalue weighted by atomic mass is 10.1. The Morgan fingerprint density at radius 3 is 2.44 bits per heavy atom. The molecule has 1 aromatic carbocycles. The van der Waals surface area contributed by atoms with Crippen molar-refractivity contribution in [1.29, 1.82) is 0 Å². The second-order valence-corrected chi connectivity index (χ2v) is 7.44. The molecule has 1 fully saturated rings. The third-order valence-electron chi connectivity index (χ3n) is 4.91. The summed E-state index contributed by atoms with van der Waals surface area (Å²) in [6.45, 7) is 7.41. The summed E-state index contributed by atoms with van der Waals surface area (Å²) in [6.07, 6.45) is 0.608. The van der Waals surface area contributed by atoms with Crippen molar-refractivity contribution in [2.45, 2.75) is 26.7 Å². The van der Waals surface area contributed by atoms with Gasteiger partial charge in [-0.2, -0.15) is 0 Å². The van der Waals surface area contributed by atoms with Crippen molar-refractivity contribution in [3.63, 3.8) is 0 Å². The van der Waals surface area contributed by atoms with Gasteiger partial charge in [-0.1, -0.05) is 18.2 Å². The van der Waals surface area contributed by atoms with Gasteiger partial charge in [0.2, 0.25) is 5.91 Å². The van der Waals surface area contributed by atoms with Gasteiger partial charge in [-0.05, 0) is 42.5 Å². The van der Waals surface area contributed by atoms with Crippen LogP contribution in [-0.2, 0) is 4.79 Å². The predicted molar refractivity (Wildman–Crippen MR) is 103 cm³/mol. The number of carbonyl (C=O) groups is 2. The summed E-state index contributed by atoms with van der Waals surface area (Å²) >= 11 is 1.44. The zero-order valence-corrected chi connectivity index (χ0v) is 15.6. The van der Waals surface area contributed by atoms with Gasteiger partial charge in [-0.3, -0.25) is 9.59 Å². The Morgan fingerprint density at radius 1 is 1.00 bits per heavy atom.